The molecule has 19 heavy (non-hydrogen) atoms. The standard InChI is InChI=1S/C17H16N2/c1-14-6-5-9-16(10-14)17-12-19(13-18-17)11-15-7-3-2-4-8-15/h2-10,12-13H,11H2,1H3. The molecule has 0 saturated heterocycles. The summed E-state index contributed by atoms with van der Waals surface area (Å²) >= 11 is 0. The van der Waals surface area contributed by atoms with Crippen LogP contribution >= 0.6 is 0 Å². The topological polar surface area (TPSA) is 17.8 Å². The van der Waals surface area contributed by atoms with E-state index in [2.05, 4.69) is 71.2 Å². The highest BCUT2D eigenvalue weighted by Gasteiger charge is 2.02. The monoisotopic (exact) mass is 248 g/mol. The number of hydrogen-bond acceptors (Lipinski definition) is 1. The molecule has 0 fully saturated rings. The summed E-state index contributed by atoms with van der Waals surface area (Å²) in [6.07, 6.45) is 3.99. The van der Waals surface area contributed by atoms with Gasteiger partial charge in [0.25, 0.3) is 0 Å². The lowest BCUT2D eigenvalue weighted by Gasteiger charge is -2.01. The summed E-state index contributed by atoms with van der Waals surface area (Å²) in [6.45, 7) is 2.96. The van der Waals surface area contributed by atoms with E-state index in [-0.39, 0.29) is 0 Å². The Bertz CT molecular complexity index is 668. The van der Waals surface area contributed by atoms with E-state index in [0.29, 0.717) is 0 Å². The minimum absolute atomic E-state index is 0.861. The Labute approximate surface area is 113 Å². The fourth-order valence-corrected chi connectivity index (χ4v) is 2.19. The molecule has 3 rings (SSSR count). The van der Waals surface area contributed by atoms with Crippen molar-refractivity contribution in [3.63, 3.8) is 0 Å². The Hall–Kier alpha value is -2.35. The van der Waals surface area contributed by atoms with Gasteiger partial charge in [-0.25, -0.2) is 4.98 Å². The lowest BCUT2D eigenvalue weighted by Crippen LogP contribution is -1.95. The number of nitrogens with zero attached hydrogens (tertiary/aromatic N) is 2. The van der Waals surface area contributed by atoms with Gasteiger partial charge in [0.15, 0.2) is 0 Å². The molecular formula is C17H16N2. The summed E-state index contributed by atoms with van der Waals surface area (Å²) in [4.78, 5) is 4.49. The van der Waals surface area contributed by atoms with Crippen molar-refractivity contribution in [3.05, 3.63) is 78.2 Å². The molecule has 1 aromatic heterocycles. The molecule has 0 amide bonds. The lowest BCUT2D eigenvalue weighted by atomic mass is 10.1. The van der Waals surface area contributed by atoms with Crippen molar-refractivity contribution in [1.29, 1.82) is 0 Å². The first kappa shape index (κ1) is 11.7. The SMILES string of the molecule is Cc1cccc(-c2cn(Cc3ccccc3)cn2)c1. The fraction of sp³-hybridized carbons (Fsp3) is 0.118. The van der Waals surface area contributed by atoms with Gasteiger partial charge in [-0.3, -0.25) is 0 Å². The molecule has 2 heteroatoms. The third kappa shape index (κ3) is 2.74. The second-order valence-corrected chi connectivity index (χ2v) is 4.79. The predicted molar refractivity (Wildman–Crippen MR) is 77.9 cm³/mol. The van der Waals surface area contributed by atoms with E-state index in [1.54, 1.807) is 0 Å². The van der Waals surface area contributed by atoms with Crippen LogP contribution in [0, 0.1) is 6.92 Å². The molecule has 0 spiro atoms. The van der Waals surface area contributed by atoms with Gasteiger partial charge >= 0.3 is 0 Å². The Kier molecular flexibility index (Phi) is 3.15. The molecular weight excluding hydrogens is 232 g/mol. The molecule has 0 N–H and O–H groups in total. The maximum atomic E-state index is 4.49. The maximum absolute atomic E-state index is 4.49. The van der Waals surface area contributed by atoms with E-state index >= 15 is 0 Å². The van der Waals surface area contributed by atoms with Crippen LogP contribution in [0.2, 0.25) is 0 Å². The number of benzene rings is 2. The van der Waals surface area contributed by atoms with Crippen LogP contribution in [0.3, 0.4) is 0 Å². The summed E-state index contributed by atoms with van der Waals surface area (Å²) in [5.74, 6) is 0. The van der Waals surface area contributed by atoms with Crippen LogP contribution in [0.25, 0.3) is 11.3 Å². The molecule has 3 aromatic rings. The Morgan fingerprint density at radius 2 is 1.84 bits per heavy atom. The van der Waals surface area contributed by atoms with Crippen LogP contribution in [-0.2, 0) is 6.54 Å². The van der Waals surface area contributed by atoms with Crippen molar-refractivity contribution in [3.8, 4) is 11.3 Å². The van der Waals surface area contributed by atoms with E-state index in [4.69, 9.17) is 0 Å². The molecule has 0 aliphatic carbocycles. The van der Waals surface area contributed by atoms with E-state index in [0.717, 1.165) is 12.2 Å². The van der Waals surface area contributed by atoms with Crippen LogP contribution in [-0.4, -0.2) is 9.55 Å². The van der Waals surface area contributed by atoms with Gasteiger partial charge in [-0.2, -0.15) is 0 Å². The zero-order valence-electron chi connectivity index (χ0n) is 11.0. The van der Waals surface area contributed by atoms with E-state index in [1.807, 2.05) is 12.4 Å². The van der Waals surface area contributed by atoms with Crippen molar-refractivity contribution in [1.82, 2.24) is 9.55 Å². The fourth-order valence-electron chi connectivity index (χ4n) is 2.19. The van der Waals surface area contributed by atoms with Gasteiger partial charge in [0.1, 0.15) is 0 Å². The lowest BCUT2D eigenvalue weighted by molar-refractivity contribution is 0.797. The normalized spacial score (nSPS) is 10.6. The predicted octanol–water partition coefficient (Wildman–Crippen LogP) is 3.91. The van der Waals surface area contributed by atoms with Crippen molar-refractivity contribution >= 4 is 0 Å². The third-order valence-corrected chi connectivity index (χ3v) is 3.16. The van der Waals surface area contributed by atoms with Gasteiger partial charge in [-0.1, -0.05) is 54.1 Å². The van der Waals surface area contributed by atoms with Crippen LogP contribution in [0.5, 0.6) is 0 Å². The van der Waals surface area contributed by atoms with Crippen molar-refractivity contribution in [2.45, 2.75) is 13.5 Å². The van der Waals surface area contributed by atoms with Gasteiger partial charge < -0.3 is 4.57 Å². The number of aryl methyl sites for hydroxylation is 1. The highest BCUT2D eigenvalue weighted by Crippen LogP contribution is 2.18. The van der Waals surface area contributed by atoms with Gasteiger partial charge in [0.05, 0.1) is 12.0 Å². The first-order chi connectivity index (χ1) is 9.31. The van der Waals surface area contributed by atoms with Crippen LogP contribution < -0.4 is 0 Å². The molecule has 0 radical (unpaired) electrons. The third-order valence-electron chi connectivity index (χ3n) is 3.16. The minimum atomic E-state index is 0.861. The Balaban J connectivity index is 1.84. The first-order valence-electron chi connectivity index (χ1n) is 6.44. The van der Waals surface area contributed by atoms with Crippen molar-refractivity contribution in [2.75, 3.05) is 0 Å². The average Bonchev–Trinajstić information content (AvgIpc) is 2.88. The molecule has 2 aromatic carbocycles. The summed E-state index contributed by atoms with van der Waals surface area (Å²) in [5.41, 5.74) is 4.75. The maximum Gasteiger partial charge on any atom is 0.0956 e. The zero-order valence-corrected chi connectivity index (χ0v) is 11.0. The quantitative estimate of drug-likeness (QED) is 0.687. The molecule has 0 aliphatic rings. The second kappa shape index (κ2) is 5.11. The highest BCUT2D eigenvalue weighted by atomic mass is 15.0. The molecule has 0 atom stereocenters. The Morgan fingerprint density at radius 3 is 2.63 bits per heavy atom. The number of rotatable bonds is 3. The summed E-state index contributed by atoms with van der Waals surface area (Å²) < 4.78 is 2.12. The summed E-state index contributed by atoms with van der Waals surface area (Å²) in [7, 11) is 0. The summed E-state index contributed by atoms with van der Waals surface area (Å²) in [5, 5.41) is 0. The van der Waals surface area contributed by atoms with Crippen LogP contribution in [0.15, 0.2) is 67.1 Å². The highest BCUT2D eigenvalue weighted by molar-refractivity contribution is 5.59. The zero-order chi connectivity index (χ0) is 13.1. The summed E-state index contributed by atoms with van der Waals surface area (Å²) in [6, 6.07) is 18.9. The number of aromatic nitrogens is 2. The minimum Gasteiger partial charge on any atom is -0.332 e. The molecule has 94 valence electrons. The Morgan fingerprint density at radius 1 is 1.00 bits per heavy atom. The van der Waals surface area contributed by atoms with Crippen LogP contribution in [0.1, 0.15) is 11.1 Å². The van der Waals surface area contributed by atoms with Crippen LogP contribution in [0.4, 0.5) is 0 Å². The van der Waals surface area contributed by atoms with E-state index in [9.17, 15) is 0 Å². The molecule has 0 aliphatic heterocycles. The van der Waals surface area contributed by atoms with Crippen molar-refractivity contribution < 1.29 is 0 Å². The van der Waals surface area contributed by atoms with Gasteiger partial charge in [-0.15, -0.1) is 0 Å². The molecule has 0 unspecified atom stereocenters. The first-order valence-corrected chi connectivity index (χ1v) is 6.44. The molecule has 2 nitrogen and oxygen atoms in total. The smallest absolute Gasteiger partial charge is 0.0956 e. The van der Waals surface area contributed by atoms with Gasteiger partial charge in [0, 0.05) is 18.3 Å². The molecule has 0 saturated carbocycles. The van der Waals surface area contributed by atoms with Crippen molar-refractivity contribution in [2.24, 2.45) is 0 Å². The number of hydrogen-bond donors (Lipinski definition) is 0. The number of imidazole rings is 1. The second-order valence-electron chi connectivity index (χ2n) is 4.79. The van der Waals surface area contributed by atoms with E-state index in [1.165, 1.54) is 16.7 Å². The van der Waals surface area contributed by atoms with Gasteiger partial charge in [-0.05, 0) is 18.6 Å². The van der Waals surface area contributed by atoms with Gasteiger partial charge in [0.2, 0.25) is 0 Å². The molecule has 1 heterocycles. The van der Waals surface area contributed by atoms with E-state index < -0.39 is 0 Å². The molecule has 0 bridgehead atoms. The largest absolute Gasteiger partial charge is 0.332 e. The average molecular weight is 248 g/mol.